The van der Waals surface area contributed by atoms with E-state index >= 15 is 0 Å². The zero-order valence-electron chi connectivity index (χ0n) is 8.37. The van der Waals surface area contributed by atoms with Gasteiger partial charge < -0.3 is 5.11 Å². The van der Waals surface area contributed by atoms with Gasteiger partial charge in [-0.2, -0.15) is 0 Å². The molecular formula is C11H10ClFO3. The Bertz CT molecular complexity index is 397. The van der Waals surface area contributed by atoms with Crippen LogP contribution in [-0.2, 0) is 16.0 Å². The first-order chi connectivity index (χ1) is 7.50. The van der Waals surface area contributed by atoms with Crippen LogP contribution in [0, 0.1) is 5.82 Å². The number of rotatable bonds is 5. The maximum Gasteiger partial charge on any atom is 0.310 e. The van der Waals surface area contributed by atoms with Gasteiger partial charge in [-0.1, -0.05) is 17.7 Å². The number of ketones is 1. The SMILES string of the molecule is O=C(O)CC(=O)CCc1c(F)cccc1Cl. The molecule has 1 aromatic rings. The Kier molecular flexibility index (Phi) is 4.43. The van der Waals surface area contributed by atoms with Gasteiger partial charge in [0.05, 0.1) is 0 Å². The van der Waals surface area contributed by atoms with Gasteiger partial charge in [-0.15, -0.1) is 0 Å². The molecule has 0 aliphatic heterocycles. The average Bonchev–Trinajstić information content (AvgIpc) is 2.15. The summed E-state index contributed by atoms with van der Waals surface area (Å²) < 4.78 is 13.3. The van der Waals surface area contributed by atoms with Crippen LogP contribution in [0.3, 0.4) is 0 Å². The van der Waals surface area contributed by atoms with Crippen molar-refractivity contribution in [3.8, 4) is 0 Å². The van der Waals surface area contributed by atoms with Crippen LogP contribution in [-0.4, -0.2) is 16.9 Å². The fourth-order valence-electron chi connectivity index (χ4n) is 1.29. The maximum absolute atomic E-state index is 13.3. The van der Waals surface area contributed by atoms with Gasteiger partial charge in [0.1, 0.15) is 18.0 Å². The highest BCUT2D eigenvalue weighted by molar-refractivity contribution is 6.31. The molecule has 1 N–H and O–H groups in total. The molecule has 0 saturated carbocycles. The Morgan fingerprint density at radius 1 is 1.38 bits per heavy atom. The molecule has 0 saturated heterocycles. The highest BCUT2D eigenvalue weighted by Gasteiger charge is 2.11. The second-order valence-electron chi connectivity index (χ2n) is 3.31. The zero-order valence-corrected chi connectivity index (χ0v) is 9.13. The lowest BCUT2D eigenvalue weighted by atomic mass is 10.1. The van der Waals surface area contributed by atoms with E-state index < -0.39 is 24.0 Å². The lowest BCUT2D eigenvalue weighted by Crippen LogP contribution is -2.08. The van der Waals surface area contributed by atoms with Crippen LogP contribution < -0.4 is 0 Å². The summed E-state index contributed by atoms with van der Waals surface area (Å²) in [5.41, 5.74) is 0.253. The summed E-state index contributed by atoms with van der Waals surface area (Å²) in [6, 6.07) is 4.25. The Morgan fingerprint density at radius 2 is 2.06 bits per heavy atom. The standard InChI is InChI=1S/C11H10ClFO3/c12-9-2-1-3-10(13)8(9)5-4-7(14)6-11(15)16/h1-3H,4-6H2,(H,15,16). The molecule has 0 spiro atoms. The summed E-state index contributed by atoms with van der Waals surface area (Å²) in [7, 11) is 0. The third-order valence-corrected chi connectivity index (χ3v) is 2.42. The van der Waals surface area contributed by atoms with Crippen molar-refractivity contribution < 1.29 is 19.1 Å². The normalized spacial score (nSPS) is 10.1. The summed E-state index contributed by atoms with van der Waals surface area (Å²) in [6.45, 7) is 0. The van der Waals surface area contributed by atoms with Crippen molar-refractivity contribution in [2.24, 2.45) is 0 Å². The van der Waals surface area contributed by atoms with Gasteiger partial charge in [0.2, 0.25) is 0 Å². The minimum absolute atomic E-state index is 0.0209. The first-order valence-electron chi connectivity index (χ1n) is 4.67. The Morgan fingerprint density at radius 3 is 2.62 bits per heavy atom. The Labute approximate surface area is 96.8 Å². The van der Waals surface area contributed by atoms with Crippen molar-refractivity contribution in [3.63, 3.8) is 0 Å². The average molecular weight is 245 g/mol. The van der Waals surface area contributed by atoms with Gasteiger partial charge in [-0.05, 0) is 18.6 Å². The lowest BCUT2D eigenvalue weighted by Gasteiger charge is -2.04. The molecule has 0 aromatic heterocycles. The van der Waals surface area contributed by atoms with Gasteiger partial charge in [0.15, 0.2) is 0 Å². The van der Waals surface area contributed by atoms with E-state index in [-0.39, 0.29) is 23.4 Å². The summed E-state index contributed by atoms with van der Waals surface area (Å²) in [4.78, 5) is 21.3. The van der Waals surface area contributed by atoms with Crippen molar-refractivity contribution in [1.29, 1.82) is 0 Å². The predicted molar refractivity (Wildman–Crippen MR) is 57.0 cm³/mol. The number of carboxylic acid groups (broad SMARTS) is 1. The third kappa shape index (κ3) is 3.62. The first-order valence-corrected chi connectivity index (χ1v) is 5.05. The maximum atomic E-state index is 13.3. The molecule has 1 rings (SSSR count). The molecule has 0 unspecified atom stereocenters. The minimum atomic E-state index is -1.18. The number of Topliss-reactive ketones (excluding diaryl/α,β-unsaturated/α-hetero) is 1. The number of benzene rings is 1. The second-order valence-corrected chi connectivity index (χ2v) is 3.72. The van der Waals surface area contributed by atoms with Crippen molar-refractivity contribution in [2.45, 2.75) is 19.3 Å². The molecule has 3 nitrogen and oxygen atoms in total. The lowest BCUT2D eigenvalue weighted by molar-refractivity contribution is -0.140. The third-order valence-electron chi connectivity index (χ3n) is 2.06. The Hall–Kier alpha value is -1.42. The van der Waals surface area contributed by atoms with E-state index in [1.165, 1.54) is 18.2 Å². The van der Waals surface area contributed by atoms with Crippen LogP contribution in [0.15, 0.2) is 18.2 Å². The number of hydrogen-bond acceptors (Lipinski definition) is 2. The number of hydrogen-bond donors (Lipinski definition) is 1. The fourth-order valence-corrected chi connectivity index (χ4v) is 1.55. The van der Waals surface area contributed by atoms with E-state index in [0.29, 0.717) is 0 Å². The van der Waals surface area contributed by atoms with Gasteiger partial charge in [-0.3, -0.25) is 9.59 Å². The molecule has 86 valence electrons. The summed E-state index contributed by atoms with van der Waals surface area (Å²) in [5.74, 6) is -2.09. The van der Waals surface area contributed by atoms with Crippen LogP contribution >= 0.6 is 11.6 Å². The van der Waals surface area contributed by atoms with Crippen LogP contribution in [0.5, 0.6) is 0 Å². The molecule has 0 radical (unpaired) electrons. The molecule has 1 aromatic carbocycles. The second kappa shape index (κ2) is 5.61. The van der Waals surface area contributed by atoms with Crippen molar-refractivity contribution in [2.75, 3.05) is 0 Å². The molecule has 0 heterocycles. The molecule has 0 aliphatic rings. The monoisotopic (exact) mass is 244 g/mol. The van der Waals surface area contributed by atoms with E-state index in [0.717, 1.165) is 0 Å². The summed E-state index contributed by atoms with van der Waals surface area (Å²) in [5, 5.41) is 8.62. The van der Waals surface area contributed by atoms with Gasteiger partial charge in [0.25, 0.3) is 0 Å². The number of halogens is 2. The Balaban J connectivity index is 2.61. The van der Waals surface area contributed by atoms with Crippen molar-refractivity contribution >= 4 is 23.4 Å². The molecule has 0 aliphatic carbocycles. The number of aliphatic carboxylic acids is 1. The van der Waals surface area contributed by atoms with Crippen LogP contribution in [0.25, 0.3) is 0 Å². The molecular weight excluding hydrogens is 235 g/mol. The topological polar surface area (TPSA) is 54.4 Å². The first kappa shape index (κ1) is 12.6. The molecule has 16 heavy (non-hydrogen) atoms. The van der Waals surface area contributed by atoms with E-state index in [1.54, 1.807) is 0 Å². The van der Waals surface area contributed by atoms with Crippen molar-refractivity contribution in [3.05, 3.63) is 34.6 Å². The smallest absolute Gasteiger partial charge is 0.310 e. The number of carbonyl (C=O) groups excluding carboxylic acids is 1. The molecule has 5 heteroatoms. The van der Waals surface area contributed by atoms with E-state index in [9.17, 15) is 14.0 Å². The minimum Gasteiger partial charge on any atom is -0.481 e. The van der Waals surface area contributed by atoms with E-state index in [4.69, 9.17) is 16.7 Å². The van der Waals surface area contributed by atoms with Crippen molar-refractivity contribution in [1.82, 2.24) is 0 Å². The summed E-state index contributed by atoms with van der Waals surface area (Å²) >= 11 is 5.75. The molecule has 0 bridgehead atoms. The quantitative estimate of drug-likeness (QED) is 0.810. The fraction of sp³-hybridized carbons (Fsp3) is 0.273. The van der Waals surface area contributed by atoms with Gasteiger partial charge in [0, 0.05) is 17.0 Å². The summed E-state index contributed by atoms with van der Waals surface area (Å²) in [6.07, 6.45) is -0.434. The molecule has 0 atom stereocenters. The molecule has 0 amide bonds. The number of carboxylic acids is 1. The van der Waals surface area contributed by atoms with E-state index in [1.807, 2.05) is 0 Å². The highest BCUT2D eigenvalue weighted by Crippen LogP contribution is 2.20. The van der Waals surface area contributed by atoms with Gasteiger partial charge in [-0.25, -0.2) is 4.39 Å². The largest absolute Gasteiger partial charge is 0.481 e. The van der Waals surface area contributed by atoms with Crippen LogP contribution in [0.4, 0.5) is 4.39 Å². The zero-order chi connectivity index (χ0) is 12.1. The van der Waals surface area contributed by atoms with Gasteiger partial charge >= 0.3 is 5.97 Å². The predicted octanol–water partition coefficient (Wildman–Crippen LogP) is 2.46. The molecule has 0 fully saturated rings. The van der Waals surface area contributed by atoms with E-state index in [2.05, 4.69) is 0 Å². The number of carbonyl (C=O) groups is 2. The van der Waals surface area contributed by atoms with Crippen LogP contribution in [0.1, 0.15) is 18.4 Å². The highest BCUT2D eigenvalue weighted by atomic mass is 35.5. The van der Waals surface area contributed by atoms with Crippen LogP contribution in [0.2, 0.25) is 5.02 Å².